The Kier molecular flexibility index (Phi) is 3.85. The molecule has 0 fully saturated rings. The van der Waals surface area contributed by atoms with Crippen LogP contribution in [-0.2, 0) is 7.05 Å². The summed E-state index contributed by atoms with van der Waals surface area (Å²) in [6, 6.07) is 5.11. The molecule has 1 atom stereocenters. The normalized spacial score (nSPS) is 12.7. The molecule has 0 amide bonds. The van der Waals surface area contributed by atoms with Gasteiger partial charge < -0.3 is 4.74 Å². The van der Waals surface area contributed by atoms with Gasteiger partial charge in [0.2, 0.25) is 0 Å². The lowest BCUT2D eigenvalue weighted by molar-refractivity contribution is 0.391. The number of rotatable bonds is 4. The van der Waals surface area contributed by atoms with Crippen molar-refractivity contribution in [1.29, 1.82) is 0 Å². The van der Waals surface area contributed by atoms with E-state index in [9.17, 15) is 4.79 Å². The Morgan fingerprint density at radius 2 is 2.00 bits per heavy atom. The van der Waals surface area contributed by atoms with Crippen molar-refractivity contribution in [2.24, 2.45) is 13.0 Å². The topological polar surface area (TPSA) is 74.8 Å². The highest BCUT2D eigenvalue weighted by Crippen LogP contribution is 2.25. The first-order chi connectivity index (χ1) is 11.0. The molecule has 0 radical (unpaired) electrons. The highest BCUT2D eigenvalue weighted by Gasteiger charge is 2.24. The Morgan fingerprint density at radius 1 is 1.22 bits per heavy atom. The zero-order valence-electron chi connectivity index (χ0n) is 13.6. The van der Waals surface area contributed by atoms with Crippen molar-refractivity contribution in [3.8, 4) is 5.75 Å². The van der Waals surface area contributed by atoms with Crippen molar-refractivity contribution >= 4 is 10.9 Å². The molecule has 120 valence electrons. The van der Waals surface area contributed by atoms with Gasteiger partial charge in [-0.2, -0.15) is 5.10 Å². The van der Waals surface area contributed by atoms with Crippen molar-refractivity contribution in [3.63, 3.8) is 0 Å². The number of aryl methyl sites for hydroxylation is 1. The van der Waals surface area contributed by atoms with Gasteiger partial charge in [-0.1, -0.05) is 19.9 Å². The number of ether oxygens (including phenoxy) is 1. The van der Waals surface area contributed by atoms with Gasteiger partial charge in [-0.05, 0) is 18.1 Å². The molecule has 2 heterocycles. The summed E-state index contributed by atoms with van der Waals surface area (Å²) >= 11 is 0. The quantitative estimate of drug-likeness (QED) is 0.734. The second-order valence-corrected chi connectivity index (χ2v) is 5.74. The lowest BCUT2D eigenvalue weighted by Crippen LogP contribution is -2.31. The van der Waals surface area contributed by atoms with E-state index < -0.39 is 0 Å². The van der Waals surface area contributed by atoms with Crippen LogP contribution in [-0.4, -0.2) is 31.4 Å². The molecule has 0 aliphatic rings. The van der Waals surface area contributed by atoms with Crippen LogP contribution in [0.15, 0.2) is 35.6 Å². The van der Waals surface area contributed by atoms with Gasteiger partial charge >= 0.3 is 0 Å². The largest absolute Gasteiger partial charge is 0.494 e. The number of aromatic nitrogens is 5. The molecule has 0 aliphatic heterocycles. The molecule has 0 saturated heterocycles. The Balaban J connectivity index is 2.25. The minimum absolute atomic E-state index is 0.115. The highest BCUT2D eigenvalue weighted by atomic mass is 16.5. The van der Waals surface area contributed by atoms with Crippen LogP contribution < -0.4 is 10.3 Å². The van der Waals surface area contributed by atoms with E-state index in [1.807, 2.05) is 20.9 Å². The van der Waals surface area contributed by atoms with Crippen LogP contribution in [0, 0.1) is 5.92 Å². The summed E-state index contributed by atoms with van der Waals surface area (Å²) < 4.78 is 8.59. The summed E-state index contributed by atoms with van der Waals surface area (Å²) in [5, 5.41) is 4.64. The van der Waals surface area contributed by atoms with Gasteiger partial charge in [-0.3, -0.25) is 14.0 Å². The minimum Gasteiger partial charge on any atom is -0.494 e. The van der Waals surface area contributed by atoms with Gasteiger partial charge in [0.05, 0.1) is 24.9 Å². The summed E-state index contributed by atoms with van der Waals surface area (Å²) in [4.78, 5) is 21.7. The van der Waals surface area contributed by atoms with Crippen molar-refractivity contribution in [2.75, 3.05) is 7.11 Å². The van der Waals surface area contributed by atoms with Crippen LogP contribution >= 0.6 is 0 Å². The average Bonchev–Trinajstić information content (AvgIpc) is 2.95. The monoisotopic (exact) mass is 313 g/mol. The van der Waals surface area contributed by atoms with Crippen LogP contribution in [0.3, 0.4) is 0 Å². The molecular weight excluding hydrogens is 294 g/mol. The summed E-state index contributed by atoms with van der Waals surface area (Å²) in [6.45, 7) is 4.09. The van der Waals surface area contributed by atoms with E-state index in [1.165, 1.54) is 6.33 Å². The van der Waals surface area contributed by atoms with Crippen LogP contribution in [0.1, 0.15) is 25.7 Å². The molecule has 0 N–H and O–H groups in total. The van der Waals surface area contributed by atoms with Gasteiger partial charge in [-0.15, -0.1) is 0 Å². The van der Waals surface area contributed by atoms with Crippen molar-refractivity contribution in [1.82, 2.24) is 24.3 Å². The fourth-order valence-electron chi connectivity index (χ4n) is 2.82. The molecule has 2 aromatic heterocycles. The van der Waals surface area contributed by atoms with Gasteiger partial charge in [0, 0.05) is 7.05 Å². The van der Waals surface area contributed by atoms with Crippen LogP contribution in [0.25, 0.3) is 10.9 Å². The van der Waals surface area contributed by atoms with E-state index in [2.05, 4.69) is 15.1 Å². The third-order valence-electron chi connectivity index (χ3n) is 3.94. The van der Waals surface area contributed by atoms with Gasteiger partial charge in [0.1, 0.15) is 23.4 Å². The maximum Gasteiger partial charge on any atom is 0.262 e. The molecule has 7 heteroatoms. The fourth-order valence-corrected chi connectivity index (χ4v) is 2.82. The number of benzene rings is 1. The van der Waals surface area contributed by atoms with E-state index in [4.69, 9.17) is 4.74 Å². The molecule has 3 rings (SSSR count). The number of methoxy groups -OCH3 is 1. The first-order valence-corrected chi connectivity index (χ1v) is 7.42. The second-order valence-electron chi connectivity index (χ2n) is 5.74. The van der Waals surface area contributed by atoms with E-state index in [0.29, 0.717) is 16.7 Å². The Labute approximate surface area is 133 Å². The zero-order valence-corrected chi connectivity index (χ0v) is 13.6. The van der Waals surface area contributed by atoms with E-state index in [-0.39, 0.29) is 17.5 Å². The predicted octanol–water partition coefficient (Wildman–Crippen LogP) is 1.78. The van der Waals surface area contributed by atoms with Crippen molar-refractivity contribution in [2.45, 2.75) is 19.9 Å². The Bertz CT molecular complexity index is 897. The Hall–Kier alpha value is -2.70. The van der Waals surface area contributed by atoms with Crippen LogP contribution in [0.2, 0.25) is 0 Å². The minimum atomic E-state index is -0.238. The number of hydrogen-bond donors (Lipinski definition) is 0. The van der Waals surface area contributed by atoms with Crippen molar-refractivity contribution < 1.29 is 4.74 Å². The summed E-state index contributed by atoms with van der Waals surface area (Å²) in [5.41, 5.74) is 0.451. The molecule has 3 aromatic rings. The zero-order chi connectivity index (χ0) is 16.6. The molecule has 23 heavy (non-hydrogen) atoms. The second kappa shape index (κ2) is 5.83. The number of hydrogen-bond acceptors (Lipinski definition) is 5. The lowest BCUT2D eigenvalue weighted by atomic mass is 10.0. The third kappa shape index (κ3) is 2.48. The molecule has 0 unspecified atom stereocenters. The summed E-state index contributed by atoms with van der Waals surface area (Å²) in [7, 11) is 3.39. The van der Waals surface area contributed by atoms with Crippen LogP contribution in [0.4, 0.5) is 0 Å². The molecule has 1 aromatic carbocycles. The van der Waals surface area contributed by atoms with E-state index in [0.717, 1.165) is 5.82 Å². The molecule has 0 bridgehead atoms. The highest BCUT2D eigenvalue weighted by molar-refractivity contribution is 5.83. The molecule has 0 aliphatic carbocycles. The number of nitrogens with zero attached hydrogens (tertiary/aromatic N) is 5. The smallest absolute Gasteiger partial charge is 0.262 e. The first-order valence-electron chi connectivity index (χ1n) is 7.42. The third-order valence-corrected chi connectivity index (χ3v) is 3.94. The molecular formula is C16H19N5O2. The Morgan fingerprint density at radius 3 is 2.61 bits per heavy atom. The fraction of sp³-hybridized carbons (Fsp3) is 0.375. The maximum atomic E-state index is 13.0. The van der Waals surface area contributed by atoms with Gasteiger partial charge in [0.25, 0.3) is 5.56 Å². The van der Waals surface area contributed by atoms with E-state index >= 15 is 0 Å². The summed E-state index contributed by atoms with van der Waals surface area (Å²) in [5.74, 6) is 1.47. The van der Waals surface area contributed by atoms with Crippen molar-refractivity contribution in [3.05, 3.63) is 47.0 Å². The summed E-state index contributed by atoms with van der Waals surface area (Å²) in [6.07, 6.45) is 3.06. The first kappa shape index (κ1) is 15.2. The number of para-hydroxylation sites is 1. The van der Waals surface area contributed by atoms with Gasteiger partial charge in [-0.25, -0.2) is 9.97 Å². The SMILES string of the molecule is COc1cccc2c(=O)n([C@@H](c3ncnn3C)C(C)C)cnc12. The van der Waals surface area contributed by atoms with E-state index in [1.54, 1.807) is 40.9 Å². The molecule has 7 nitrogen and oxygen atoms in total. The number of fused-ring (bicyclic) bond motifs is 1. The molecule has 0 spiro atoms. The maximum absolute atomic E-state index is 13.0. The van der Waals surface area contributed by atoms with Gasteiger partial charge in [0.15, 0.2) is 0 Å². The molecule has 0 saturated carbocycles. The van der Waals surface area contributed by atoms with Crippen LogP contribution in [0.5, 0.6) is 5.75 Å². The standard InChI is InChI=1S/C16H19N5O2/c1-10(2)14(15-17-8-19-20(15)3)21-9-18-13-11(16(21)22)6-5-7-12(13)23-4/h5-10,14H,1-4H3/t14-/m1/s1. The predicted molar refractivity (Wildman–Crippen MR) is 86.5 cm³/mol. The lowest BCUT2D eigenvalue weighted by Gasteiger charge is -2.22. The average molecular weight is 313 g/mol.